The summed E-state index contributed by atoms with van der Waals surface area (Å²) in [5, 5.41) is 25.4. The Labute approximate surface area is 196 Å². The van der Waals surface area contributed by atoms with Crippen molar-refractivity contribution in [2.75, 3.05) is 24.4 Å². The third kappa shape index (κ3) is 9.47. The van der Waals surface area contributed by atoms with E-state index < -0.39 is 54.5 Å². The first-order valence-electron chi connectivity index (χ1n) is 9.87. The van der Waals surface area contributed by atoms with Crippen LogP contribution in [0.2, 0.25) is 0 Å². The topological polar surface area (TPSA) is 171 Å². The van der Waals surface area contributed by atoms with Crippen LogP contribution in [0.4, 0.5) is 0 Å². The summed E-state index contributed by atoms with van der Waals surface area (Å²) in [6.45, 7) is -0.793. The average molecular weight is 487 g/mol. The Morgan fingerprint density at radius 3 is 2.09 bits per heavy atom. The summed E-state index contributed by atoms with van der Waals surface area (Å²) < 4.78 is 0. The summed E-state index contributed by atoms with van der Waals surface area (Å²) in [4.78, 5) is 48.7. The fraction of sp³-hybridized carbons (Fsp3) is 0.500. The molecule has 1 aromatic carbocycles. The lowest BCUT2D eigenvalue weighted by molar-refractivity contribution is -0.143. The second-order valence-corrected chi connectivity index (χ2v) is 8.32. The molecule has 12 heteroatoms. The second kappa shape index (κ2) is 14.7. The van der Waals surface area contributed by atoms with Gasteiger partial charge in [0.25, 0.3) is 0 Å². The number of thiol groups is 1. The zero-order valence-electron chi connectivity index (χ0n) is 17.7. The van der Waals surface area contributed by atoms with Crippen molar-refractivity contribution in [3.8, 4) is 0 Å². The van der Waals surface area contributed by atoms with E-state index in [1.807, 2.05) is 36.6 Å². The molecule has 0 spiro atoms. The Kier molecular flexibility index (Phi) is 12.8. The van der Waals surface area contributed by atoms with Crippen LogP contribution in [0.15, 0.2) is 30.3 Å². The van der Waals surface area contributed by atoms with Crippen LogP contribution in [0, 0.1) is 0 Å². The van der Waals surface area contributed by atoms with Crippen molar-refractivity contribution in [2.24, 2.45) is 5.73 Å². The predicted molar refractivity (Wildman–Crippen MR) is 125 cm³/mol. The number of carbonyl (C=O) groups is 4. The highest BCUT2D eigenvalue weighted by Crippen LogP contribution is 2.05. The fourth-order valence-corrected chi connectivity index (χ4v) is 3.40. The lowest BCUT2D eigenvalue weighted by atomic mass is 10.1. The van der Waals surface area contributed by atoms with E-state index in [4.69, 9.17) is 15.9 Å². The van der Waals surface area contributed by atoms with Crippen LogP contribution in [0.1, 0.15) is 12.0 Å². The molecule has 0 heterocycles. The number of nitrogens with two attached hydrogens (primary N) is 1. The van der Waals surface area contributed by atoms with E-state index in [1.54, 1.807) is 0 Å². The highest BCUT2D eigenvalue weighted by Gasteiger charge is 2.29. The molecular formula is C20H30N4O6S2. The van der Waals surface area contributed by atoms with Gasteiger partial charge in [0.1, 0.15) is 18.1 Å². The van der Waals surface area contributed by atoms with Crippen molar-refractivity contribution in [3.63, 3.8) is 0 Å². The summed E-state index contributed by atoms with van der Waals surface area (Å²) in [5.74, 6) is -2.88. The molecule has 0 aliphatic heterocycles. The number of carboxylic acids is 1. The Bertz CT molecular complexity index is 768. The molecule has 1 rings (SSSR count). The maximum Gasteiger partial charge on any atom is 0.328 e. The van der Waals surface area contributed by atoms with Crippen molar-refractivity contribution in [1.29, 1.82) is 0 Å². The Morgan fingerprint density at radius 2 is 1.56 bits per heavy atom. The van der Waals surface area contributed by atoms with Crippen molar-refractivity contribution in [3.05, 3.63) is 35.9 Å². The van der Waals surface area contributed by atoms with Gasteiger partial charge in [-0.15, -0.1) is 0 Å². The number of aliphatic carboxylic acids is 1. The van der Waals surface area contributed by atoms with Gasteiger partial charge >= 0.3 is 5.97 Å². The number of benzene rings is 1. The van der Waals surface area contributed by atoms with E-state index >= 15 is 0 Å². The van der Waals surface area contributed by atoms with E-state index in [0.717, 1.165) is 5.56 Å². The van der Waals surface area contributed by atoms with Crippen molar-refractivity contribution >= 4 is 48.1 Å². The third-order valence-corrected chi connectivity index (χ3v) is 5.50. The van der Waals surface area contributed by atoms with Crippen LogP contribution in [0.3, 0.4) is 0 Å². The molecule has 0 fully saturated rings. The molecule has 0 aliphatic carbocycles. The lowest BCUT2D eigenvalue weighted by Gasteiger charge is -2.24. The quantitative estimate of drug-likeness (QED) is 0.160. The molecular weight excluding hydrogens is 456 g/mol. The smallest absolute Gasteiger partial charge is 0.328 e. The van der Waals surface area contributed by atoms with Gasteiger partial charge in [0, 0.05) is 5.75 Å². The number of hydrogen-bond acceptors (Lipinski definition) is 8. The Morgan fingerprint density at radius 1 is 1.00 bits per heavy atom. The number of aliphatic hydroxyl groups is 1. The molecule has 32 heavy (non-hydrogen) atoms. The first-order valence-corrected chi connectivity index (χ1v) is 11.9. The summed E-state index contributed by atoms with van der Waals surface area (Å²) >= 11 is 5.54. The molecule has 0 bridgehead atoms. The molecule has 3 amide bonds. The third-order valence-electron chi connectivity index (χ3n) is 4.49. The molecule has 0 radical (unpaired) electrons. The van der Waals surface area contributed by atoms with Crippen LogP contribution in [-0.4, -0.2) is 82.4 Å². The number of rotatable bonds is 14. The maximum absolute atomic E-state index is 12.7. The summed E-state index contributed by atoms with van der Waals surface area (Å²) in [6.07, 6.45) is 2.32. The van der Waals surface area contributed by atoms with Gasteiger partial charge in [0.2, 0.25) is 17.7 Å². The van der Waals surface area contributed by atoms with E-state index in [0.29, 0.717) is 5.75 Å². The first kappa shape index (κ1) is 27.8. The number of thioether (sulfide) groups is 1. The van der Waals surface area contributed by atoms with Gasteiger partial charge < -0.3 is 31.9 Å². The summed E-state index contributed by atoms with van der Waals surface area (Å²) in [7, 11) is 0. The van der Waals surface area contributed by atoms with E-state index in [-0.39, 0.29) is 18.6 Å². The zero-order valence-corrected chi connectivity index (χ0v) is 19.4. The number of amides is 3. The monoisotopic (exact) mass is 486 g/mol. The molecule has 1 aromatic rings. The molecule has 0 aliphatic rings. The molecule has 178 valence electrons. The lowest BCUT2D eigenvalue weighted by Crippen LogP contribution is -2.58. The van der Waals surface area contributed by atoms with Gasteiger partial charge in [0.05, 0.1) is 12.6 Å². The van der Waals surface area contributed by atoms with Crippen molar-refractivity contribution in [2.45, 2.75) is 37.0 Å². The van der Waals surface area contributed by atoms with E-state index in [9.17, 15) is 19.2 Å². The largest absolute Gasteiger partial charge is 0.480 e. The van der Waals surface area contributed by atoms with Crippen LogP contribution < -0.4 is 21.7 Å². The maximum atomic E-state index is 12.7. The average Bonchev–Trinajstić information content (AvgIpc) is 2.78. The standard InChI is InChI=1S/C20H30N4O6S2/c1-32-8-7-14(18(27)23-15(10-25)20(29)30)22-19(28)16(11-31)24-17(26)13(21)9-12-5-3-2-4-6-12/h2-6,13-16,25,31H,7-11,21H2,1H3,(H,22,28)(H,23,27)(H,24,26)(H,29,30). The second-order valence-electron chi connectivity index (χ2n) is 6.96. The summed E-state index contributed by atoms with van der Waals surface area (Å²) in [5.41, 5.74) is 6.82. The minimum atomic E-state index is -1.49. The number of carbonyl (C=O) groups excluding carboxylic acids is 3. The predicted octanol–water partition coefficient (Wildman–Crippen LogP) is -1.23. The SMILES string of the molecule is CSCCC(NC(=O)C(CS)NC(=O)C(N)Cc1ccccc1)C(=O)NC(CO)C(=O)O. The molecule has 10 nitrogen and oxygen atoms in total. The molecule has 4 unspecified atom stereocenters. The van der Waals surface area contributed by atoms with Gasteiger partial charge in [0.15, 0.2) is 0 Å². The molecule has 0 aromatic heterocycles. The van der Waals surface area contributed by atoms with Crippen molar-refractivity contribution in [1.82, 2.24) is 16.0 Å². The van der Waals surface area contributed by atoms with Gasteiger partial charge in [-0.3, -0.25) is 14.4 Å². The zero-order chi connectivity index (χ0) is 24.1. The minimum Gasteiger partial charge on any atom is -0.480 e. The van der Waals surface area contributed by atoms with E-state index in [2.05, 4.69) is 28.6 Å². The molecule has 0 saturated carbocycles. The van der Waals surface area contributed by atoms with Gasteiger partial charge in [-0.1, -0.05) is 30.3 Å². The molecule has 0 saturated heterocycles. The van der Waals surface area contributed by atoms with E-state index in [1.165, 1.54) is 11.8 Å². The highest BCUT2D eigenvalue weighted by atomic mass is 32.2. The molecule has 7 N–H and O–H groups in total. The number of aliphatic hydroxyl groups excluding tert-OH is 1. The van der Waals surface area contributed by atoms with Gasteiger partial charge in [-0.25, -0.2) is 4.79 Å². The fourth-order valence-electron chi connectivity index (χ4n) is 2.67. The van der Waals surface area contributed by atoms with Crippen LogP contribution >= 0.6 is 24.4 Å². The van der Waals surface area contributed by atoms with Gasteiger partial charge in [-0.2, -0.15) is 24.4 Å². The first-order chi connectivity index (χ1) is 15.2. The highest BCUT2D eigenvalue weighted by molar-refractivity contribution is 7.98. The molecule has 4 atom stereocenters. The normalized spacial score (nSPS) is 14.5. The number of carboxylic acid groups (broad SMARTS) is 1. The summed E-state index contributed by atoms with van der Waals surface area (Å²) in [6, 6.07) is 4.69. The Hall–Kier alpha value is -2.28. The van der Waals surface area contributed by atoms with Crippen molar-refractivity contribution < 1.29 is 29.4 Å². The van der Waals surface area contributed by atoms with Gasteiger partial charge in [-0.05, 0) is 30.4 Å². The van der Waals surface area contributed by atoms with Crippen LogP contribution in [0.25, 0.3) is 0 Å². The minimum absolute atomic E-state index is 0.0408. The van der Waals surface area contributed by atoms with Crippen LogP contribution in [0.5, 0.6) is 0 Å². The number of hydrogen-bond donors (Lipinski definition) is 7. The Balaban J connectivity index is 2.77. The van der Waals surface area contributed by atoms with Crippen LogP contribution in [-0.2, 0) is 25.6 Å². The number of nitrogens with one attached hydrogen (secondary N) is 3.